The Morgan fingerprint density at radius 1 is 0.909 bits per heavy atom. The number of nitrogens with zero attached hydrogens (tertiary/aromatic N) is 2. The van der Waals surface area contributed by atoms with E-state index in [2.05, 4.69) is 17.1 Å². The highest BCUT2D eigenvalue weighted by Gasteiger charge is 2.48. The summed E-state index contributed by atoms with van der Waals surface area (Å²) >= 11 is 0. The molecule has 4 rings (SSSR count). The largest absolute Gasteiger partial charge is 0.282 e. The number of carbonyl (C=O) groups is 2. The lowest BCUT2D eigenvalue weighted by Crippen LogP contribution is -2.52. The third-order valence-electron chi connectivity index (χ3n) is 6.28. The lowest BCUT2D eigenvalue weighted by Gasteiger charge is -2.45. The van der Waals surface area contributed by atoms with E-state index in [4.69, 9.17) is 0 Å². The van der Waals surface area contributed by atoms with Crippen molar-refractivity contribution >= 4 is 11.8 Å². The minimum absolute atomic E-state index is 0.0792. The molecule has 22 heavy (non-hydrogen) atoms. The topological polar surface area (TPSA) is 40.6 Å². The standard InChI is InChI=1S/C18H26N2O2/c21-17-14-8-2-3-9-15(14)18(22)20(17)12-19-11-5-7-13-6-1-4-10-16(13)19/h2-3,13-16H,1,4-12H2/t13-,14-,15+,16-/m0/s1. The van der Waals surface area contributed by atoms with Crippen LogP contribution in [0.1, 0.15) is 51.4 Å². The normalized spacial score (nSPS) is 39.0. The molecule has 4 heteroatoms. The van der Waals surface area contributed by atoms with Crippen LogP contribution in [0.15, 0.2) is 12.2 Å². The van der Waals surface area contributed by atoms with Gasteiger partial charge in [0.15, 0.2) is 0 Å². The number of allylic oxidation sites excluding steroid dienone is 2. The fourth-order valence-corrected chi connectivity index (χ4v) is 5.09. The second-order valence-corrected chi connectivity index (χ2v) is 7.47. The quantitative estimate of drug-likeness (QED) is 0.581. The van der Waals surface area contributed by atoms with Crippen molar-refractivity contribution in [2.45, 2.75) is 57.4 Å². The Morgan fingerprint density at radius 2 is 1.55 bits per heavy atom. The van der Waals surface area contributed by atoms with Crippen molar-refractivity contribution in [2.24, 2.45) is 17.8 Å². The number of imide groups is 1. The number of hydrogen-bond acceptors (Lipinski definition) is 3. The van der Waals surface area contributed by atoms with Gasteiger partial charge in [-0.15, -0.1) is 0 Å². The van der Waals surface area contributed by atoms with Crippen molar-refractivity contribution in [3.8, 4) is 0 Å². The van der Waals surface area contributed by atoms with Gasteiger partial charge >= 0.3 is 0 Å². The molecule has 2 amide bonds. The van der Waals surface area contributed by atoms with Crippen LogP contribution >= 0.6 is 0 Å². The van der Waals surface area contributed by atoms with Crippen molar-refractivity contribution in [1.82, 2.24) is 9.80 Å². The Kier molecular flexibility index (Phi) is 3.81. The molecule has 3 fully saturated rings. The molecular weight excluding hydrogens is 276 g/mol. The molecule has 4 atom stereocenters. The minimum Gasteiger partial charge on any atom is -0.282 e. The second kappa shape index (κ2) is 5.80. The molecule has 0 aromatic rings. The number of piperidine rings is 1. The molecule has 0 unspecified atom stereocenters. The van der Waals surface area contributed by atoms with E-state index in [0.29, 0.717) is 12.7 Å². The molecule has 2 heterocycles. The zero-order valence-electron chi connectivity index (χ0n) is 13.2. The maximum atomic E-state index is 12.6. The summed E-state index contributed by atoms with van der Waals surface area (Å²) in [6.45, 7) is 1.59. The van der Waals surface area contributed by atoms with Crippen LogP contribution < -0.4 is 0 Å². The van der Waals surface area contributed by atoms with Gasteiger partial charge in [0, 0.05) is 12.6 Å². The fraction of sp³-hybridized carbons (Fsp3) is 0.778. The van der Waals surface area contributed by atoms with Crippen LogP contribution in [-0.4, -0.2) is 40.9 Å². The molecule has 0 spiro atoms. The molecule has 1 saturated carbocycles. The molecule has 0 bridgehead atoms. The van der Waals surface area contributed by atoms with Crippen molar-refractivity contribution in [1.29, 1.82) is 0 Å². The van der Waals surface area contributed by atoms with Crippen molar-refractivity contribution in [3.63, 3.8) is 0 Å². The average molecular weight is 302 g/mol. The van der Waals surface area contributed by atoms with Crippen LogP contribution in [0.5, 0.6) is 0 Å². The van der Waals surface area contributed by atoms with E-state index in [1.165, 1.54) is 38.5 Å². The maximum Gasteiger partial charge on any atom is 0.234 e. The number of carbonyl (C=O) groups excluding carboxylic acids is 2. The monoisotopic (exact) mass is 302 g/mol. The summed E-state index contributed by atoms with van der Waals surface area (Å²) in [5.41, 5.74) is 0. The Labute approximate surface area is 132 Å². The van der Waals surface area contributed by atoms with E-state index in [1.54, 1.807) is 4.90 Å². The van der Waals surface area contributed by atoms with Crippen molar-refractivity contribution in [2.75, 3.05) is 13.2 Å². The number of hydrogen-bond donors (Lipinski definition) is 0. The van der Waals surface area contributed by atoms with Crippen LogP contribution in [-0.2, 0) is 9.59 Å². The van der Waals surface area contributed by atoms with Gasteiger partial charge in [0.2, 0.25) is 11.8 Å². The average Bonchev–Trinajstić information content (AvgIpc) is 2.81. The highest BCUT2D eigenvalue weighted by molar-refractivity contribution is 6.05. The summed E-state index contributed by atoms with van der Waals surface area (Å²) in [4.78, 5) is 29.3. The van der Waals surface area contributed by atoms with Gasteiger partial charge in [-0.2, -0.15) is 0 Å². The lowest BCUT2D eigenvalue weighted by atomic mass is 9.78. The van der Waals surface area contributed by atoms with E-state index in [1.807, 2.05) is 0 Å². The van der Waals surface area contributed by atoms with E-state index in [9.17, 15) is 9.59 Å². The molecule has 2 saturated heterocycles. The molecular formula is C18H26N2O2. The van der Waals surface area contributed by atoms with E-state index >= 15 is 0 Å². The Morgan fingerprint density at radius 3 is 2.27 bits per heavy atom. The van der Waals surface area contributed by atoms with Gasteiger partial charge in [0.25, 0.3) is 0 Å². The molecule has 0 radical (unpaired) electrons. The Bertz CT molecular complexity index is 473. The highest BCUT2D eigenvalue weighted by Crippen LogP contribution is 2.38. The Balaban J connectivity index is 1.48. The number of rotatable bonds is 2. The van der Waals surface area contributed by atoms with Crippen LogP contribution in [0.3, 0.4) is 0 Å². The third-order valence-corrected chi connectivity index (χ3v) is 6.28. The molecule has 0 aromatic carbocycles. The molecule has 4 nitrogen and oxygen atoms in total. The van der Waals surface area contributed by atoms with Gasteiger partial charge in [0.05, 0.1) is 18.5 Å². The molecule has 120 valence electrons. The Hall–Kier alpha value is -1.16. The molecule has 2 aliphatic carbocycles. The van der Waals surface area contributed by atoms with E-state index < -0.39 is 0 Å². The lowest BCUT2D eigenvalue weighted by molar-refractivity contribution is -0.144. The summed E-state index contributed by atoms with van der Waals surface area (Å²) in [5.74, 6) is 0.794. The molecule has 0 N–H and O–H groups in total. The van der Waals surface area contributed by atoms with Crippen LogP contribution in [0.2, 0.25) is 0 Å². The third kappa shape index (κ3) is 2.32. The second-order valence-electron chi connectivity index (χ2n) is 7.47. The summed E-state index contributed by atoms with van der Waals surface area (Å²) in [5, 5.41) is 0. The smallest absolute Gasteiger partial charge is 0.234 e. The molecule has 0 aromatic heterocycles. The SMILES string of the molecule is O=C1[C@H]2CC=CC[C@H]2C(=O)N1CN1CCC[C@@H]2CCCC[C@@H]21. The number of likely N-dealkylation sites (tertiary alicyclic amines) is 2. The minimum atomic E-state index is -0.0792. The predicted octanol–water partition coefficient (Wildman–Crippen LogP) is 2.55. The van der Waals surface area contributed by atoms with Crippen LogP contribution in [0.4, 0.5) is 0 Å². The van der Waals surface area contributed by atoms with Gasteiger partial charge in [-0.3, -0.25) is 19.4 Å². The zero-order valence-corrected chi connectivity index (χ0v) is 13.2. The van der Waals surface area contributed by atoms with Gasteiger partial charge in [-0.1, -0.05) is 25.0 Å². The van der Waals surface area contributed by atoms with Gasteiger partial charge in [-0.25, -0.2) is 0 Å². The van der Waals surface area contributed by atoms with E-state index in [0.717, 1.165) is 25.3 Å². The molecule has 4 aliphatic rings. The van der Waals surface area contributed by atoms with Crippen LogP contribution in [0.25, 0.3) is 0 Å². The first kappa shape index (κ1) is 14.4. The zero-order chi connectivity index (χ0) is 15.1. The van der Waals surface area contributed by atoms with Gasteiger partial charge in [-0.05, 0) is 44.4 Å². The van der Waals surface area contributed by atoms with E-state index in [-0.39, 0.29) is 23.7 Å². The summed E-state index contributed by atoms with van der Waals surface area (Å²) < 4.78 is 0. The predicted molar refractivity (Wildman–Crippen MR) is 83.8 cm³/mol. The molecule has 2 aliphatic heterocycles. The maximum absolute atomic E-state index is 12.6. The highest BCUT2D eigenvalue weighted by atomic mass is 16.2. The first-order chi connectivity index (χ1) is 10.8. The first-order valence-electron chi connectivity index (χ1n) is 9.00. The summed E-state index contributed by atoms with van der Waals surface area (Å²) in [7, 11) is 0. The summed E-state index contributed by atoms with van der Waals surface area (Å²) in [6.07, 6.45) is 13.4. The van der Waals surface area contributed by atoms with Gasteiger partial charge < -0.3 is 0 Å². The van der Waals surface area contributed by atoms with Crippen molar-refractivity contribution in [3.05, 3.63) is 12.2 Å². The van der Waals surface area contributed by atoms with Crippen molar-refractivity contribution < 1.29 is 9.59 Å². The van der Waals surface area contributed by atoms with Gasteiger partial charge in [0.1, 0.15) is 0 Å². The van der Waals surface area contributed by atoms with Crippen LogP contribution in [0, 0.1) is 17.8 Å². The fourth-order valence-electron chi connectivity index (χ4n) is 5.09. The number of fused-ring (bicyclic) bond motifs is 2. The summed E-state index contributed by atoms with van der Waals surface area (Å²) in [6, 6.07) is 0.601. The number of amides is 2. The first-order valence-corrected chi connectivity index (χ1v) is 9.00.